The number of carbonyl (C=O) groups is 1. The smallest absolute Gasteiger partial charge is 0.350 e. The van der Waals surface area contributed by atoms with Crippen molar-refractivity contribution in [1.29, 1.82) is 0 Å². The third-order valence-electron chi connectivity index (χ3n) is 1.07. The van der Waals surface area contributed by atoms with Crippen LogP contribution in [0, 0.1) is 0 Å². The van der Waals surface area contributed by atoms with Crippen LogP contribution in [-0.2, 0) is 4.79 Å². The summed E-state index contributed by atoms with van der Waals surface area (Å²) in [5.41, 5.74) is 0. The van der Waals surface area contributed by atoms with Crippen LogP contribution in [0.4, 0.5) is 0 Å². The number of carboxylic acid groups (broad SMARTS) is 1. The van der Waals surface area contributed by atoms with Crippen LogP contribution in [0.25, 0.3) is 0 Å². The third kappa shape index (κ3) is 1.14. The highest BCUT2D eigenvalue weighted by atomic mass is 16.4. The summed E-state index contributed by atoms with van der Waals surface area (Å²) in [5, 5.41) is 9.47. The van der Waals surface area contributed by atoms with E-state index in [1.807, 2.05) is 0 Å². The summed E-state index contributed by atoms with van der Waals surface area (Å²) in [7, 11) is 0. The van der Waals surface area contributed by atoms with Gasteiger partial charge in [-0.3, -0.25) is 10.0 Å². The van der Waals surface area contributed by atoms with Crippen LogP contribution in [0.3, 0.4) is 0 Å². The molecule has 54 valence electrons. The van der Waals surface area contributed by atoms with Crippen LogP contribution in [0.2, 0.25) is 0 Å². The Bertz CT molecular complexity index is 199. The van der Waals surface area contributed by atoms with Gasteiger partial charge in [0.1, 0.15) is 0 Å². The second kappa shape index (κ2) is 2.49. The van der Waals surface area contributed by atoms with Crippen molar-refractivity contribution in [3.63, 3.8) is 0 Å². The number of aliphatic imine (C=N–C) groups is 1. The fraction of sp³-hybridized carbons (Fsp3) is 0.200. The summed E-state index contributed by atoms with van der Waals surface area (Å²) in [5.74, 6) is 4.18. The average molecular weight is 141 g/mol. The first-order chi connectivity index (χ1) is 4.72. The van der Waals surface area contributed by atoms with Crippen LogP contribution >= 0.6 is 0 Å². The van der Waals surface area contributed by atoms with E-state index in [-0.39, 0.29) is 0 Å². The van der Waals surface area contributed by atoms with E-state index in [9.17, 15) is 4.79 Å². The molecule has 0 bridgehead atoms. The largest absolute Gasteiger partial charge is 0.478 e. The first kappa shape index (κ1) is 6.76. The molecular formula is C5H7N3O2. The highest BCUT2D eigenvalue weighted by Crippen LogP contribution is 1.99. The Balaban J connectivity index is 2.70. The van der Waals surface area contributed by atoms with E-state index < -0.39 is 12.1 Å². The number of carboxylic acids is 1. The lowest BCUT2D eigenvalue weighted by Crippen LogP contribution is -2.42. The molecule has 0 fully saturated rings. The van der Waals surface area contributed by atoms with Gasteiger partial charge in [-0.2, -0.15) is 0 Å². The molecule has 0 saturated carbocycles. The molecule has 1 rings (SSSR count). The van der Waals surface area contributed by atoms with Crippen LogP contribution in [0.15, 0.2) is 17.3 Å². The Morgan fingerprint density at radius 1 is 1.80 bits per heavy atom. The highest BCUT2D eigenvalue weighted by molar-refractivity contribution is 5.80. The first-order valence-electron chi connectivity index (χ1n) is 2.67. The fourth-order valence-electron chi connectivity index (χ4n) is 0.619. The average Bonchev–Trinajstić information content (AvgIpc) is 1.88. The first-order valence-corrected chi connectivity index (χ1v) is 2.67. The molecule has 0 saturated heterocycles. The minimum Gasteiger partial charge on any atom is -0.478 e. The normalized spacial score (nSPS) is 23.3. The quantitative estimate of drug-likeness (QED) is 0.467. The van der Waals surface area contributed by atoms with Crippen molar-refractivity contribution in [2.75, 3.05) is 0 Å². The van der Waals surface area contributed by atoms with Crippen LogP contribution in [-0.4, -0.2) is 28.5 Å². The molecule has 1 unspecified atom stereocenters. The Morgan fingerprint density at radius 3 is 2.90 bits per heavy atom. The van der Waals surface area contributed by atoms with E-state index in [4.69, 9.17) is 10.9 Å². The maximum Gasteiger partial charge on any atom is 0.350 e. The zero-order valence-corrected chi connectivity index (χ0v) is 5.14. The van der Waals surface area contributed by atoms with Gasteiger partial charge in [-0.25, -0.2) is 10.6 Å². The molecule has 3 N–H and O–H groups in total. The van der Waals surface area contributed by atoms with Gasteiger partial charge >= 0.3 is 5.97 Å². The van der Waals surface area contributed by atoms with Gasteiger partial charge in [-0.1, -0.05) is 0 Å². The Morgan fingerprint density at radius 2 is 2.50 bits per heavy atom. The van der Waals surface area contributed by atoms with Crippen molar-refractivity contribution in [1.82, 2.24) is 5.01 Å². The highest BCUT2D eigenvalue weighted by Gasteiger charge is 2.19. The fourth-order valence-corrected chi connectivity index (χ4v) is 0.619. The van der Waals surface area contributed by atoms with E-state index in [0.29, 0.717) is 0 Å². The summed E-state index contributed by atoms with van der Waals surface area (Å²) < 4.78 is 0. The maximum absolute atomic E-state index is 10.3. The van der Waals surface area contributed by atoms with Gasteiger partial charge in [-0.05, 0) is 6.08 Å². The number of aliphatic carboxylic acids is 1. The Labute approximate surface area is 57.4 Å². The third-order valence-corrected chi connectivity index (χ3v) is 1.07. The molecule has 0 aromatic heterocycles. The predicted octanol–water partition coefficient (Wildman–Crippen LogP) is -0.829. The van der Waals surface area contributed by atoms with Gasteiger partial charge in [0.15, 0.2) is 0 Å². The summed E-state index contributed by atoms with van der Waals surface area (Å²) in [4.78, 5) is 13.9. The van der Waals surface area contributed by atoms with Crippen molar-refractivity contribution in [3.8, 4) is 0 Å². The topological polar surface area (TPSA) is 78.9 Å². The second-order valence-corrected chi connectivity index (χ2v) is 1.80. The molecule has 0 aromatic carbocycles. The SMILES string of the molecule is NN1C=CC=NC1C(=O)O. The zero-order valence-electron chi connectivity index (χ0n) is 5.14. The van der Waals surface area contributed by atoms with Gasteiger partial charge in [0, 0.05) is 12.4 Å². The number of nitrogens with two attached hydrogens (primary N) is 1. The summed E-state index contributed by atoms with van der Waals surface area (Å²) in [6.45, 7) is 0. The molecular weight excluding hydrogens is 134 g/mol. The molecule has 10 heavy (non-hydrogen) atoms. The van der Waals surface area contributed by atoms with Crippen molar-refractivity contribution >= 4 is 12.2 Å². The van der Waals surface area contributed by atoms with Crippen molar-refractivity contribution in [2.45, 2.75) is 6.17 Å². The van der Waals surface area contributed by atoms with Crippen LogP contribution in [0.5, 0.6) is 0 Å². The molecule has 1 aliphatic heterocycles. The Hall–Kier alpha value is -1.36. The van der Waals surface area contributed by atoms with Gasteiger partial charge < -0.3 is 5.11 Å². The van der Waals surface area contributed by atoms with Gasteiger partial charge in [0.2, 0.25) is 6.17 Å². The number of hydrazine groups is 1. The van der Waals surface area contributed by atoms with E-state index in [1.54, 1.807) is 6.08 Å². The standard InChI is InChI=1S/C5H7N3O2/c6-8-3-1-2-7-4(8)5(9)10/h1-4H,6H2,(H,9,10). The summed E-state index contributed by atoms with van der Waals surface area (Å²) in [6, 6.07) is 0. The molecule has 0 amide bonds. The molecule has 1 heterocycles. The number of hydrogen-bond donors (Lipinski definition) is 2. The number of rotatable bonds is 1. The molecule has 0 aliphatic carbocycles. The van der Waals surface area contributed by atoms with Gasteiger partial charge in [0.25, 0.3) is 0 Å². The van der Waals surface area contributed by atoms with Crippen LogP contribution in [0.1, 0.15) is 0 Å². The molecule has 5 nitrogen and oxygen atoms in total. The number of hydrogen-bond acceptors (Lipinski definition) is 4. The van der Waals surface area contributed by atoms with Crippen molar-refractivity contribution in [3.05, 3.63) is 12.3 Å². The second-order valence-electron chi connectivity index (χ2n) is 1.80. The molecule has 0 aromatic rings. The van der Waals surface area contributed by atoms with Gasteiger partial charge in [-0.15, -0.1) is 0 Å². The number of nitrogens with zero attached hydrogens (tertiary/aromatic N) is 2. The molecule has 1 aliphatic rings. The number of allylic oxidation sites excluding steroid dienone is 1. The van der Waals surface area contributed by atoms with E-state index in [2.05, 4.69) is 4.99 Å². The minimum atomic E-state index is -1.05. The summed E-state index contributed by atoms with van der Waals surface area (Å²) >= 11 is 0. The van der Waals surface area contributed by atoms with E-state index in [0.717, 1.165) is 5.01 Å². The molecule has 5 heteroatoms. The maximum atomic E-state index is 10.3. The van der Waals surface area contributed by atoms with E-state index >= 15 is 0 Å². The summed E-state index contributed by atoms with van der Waals surface area (Å²) in [6.07, 6.45) is 3.46. The molecule has 1 atom stereocenters. The lowest BCUT2D eigenvalue weighted by atomic mass is 10.4. The van der Waals surface area contributed by atoms with Crippen molar-refractivity contribution in [2.24, 2.45) is 10.8 Å². The molecule has 0 spiro atoms. The van der Waals surface area contributed by atoms with E-state index in [1.165, 1.54) is 12.4 Å². The monoisotopic (exact) mass is 141 g/mol. The van der Waals surface area contributed by atoms with Gasteiger partial charge in [0.05, 0.1) is 0 Å². The predicted molar refractivity (Wildman–Crippen MR) is 35.1 cm³/mol. The van der Waals surface area contributed by atoms with Crippen LogP contribution < -0.4 is 5.84 Å². The Kier molecular flexibility index (Phi) is 1.68. The lowest BCUT2D eigenvalue weighted by Gasteiger charge is -2.19. The van der Waals surface area contributed by atoms with Crippen molar-refractivity contribution < 1.29 is 9.90 Å². The lowest BCUT2D eigenvalue weighted by molar-refractivity contribution is -0.142. The minimum absolute atomic E-state index is 0.968. The molecule has 0 radical (unpaired) electrons. The zero-order chi connectivity index (χ0) is 7.56.